The molecule has 1 heterocycles. The number of hydrogen-bond donors (Lipinski definition) is 1. The Morgan fingerprint density at radius 3 is 2.29 bits per heavy atom. The van der Waals surface area contributed by atoms with Gasteiger partial charge in [-0.05, 0) is 31.4 Å². The molecule has 1 aromatic rings. The Bertz CT molecular complexity index is 521. The molecule has 2 rings (SSSR count). The fourth-order valence-corrected chi connectivity index (χ4v) is 2.53. The van der Waals surface area contributed by atoms with E-state index in [1.165, 1.54) is 19.1 Å². The average molecular weight is 293 g/mol. The number of aliphatic carboxylic acids is 1. The maximum atomic E-state index is 12.6. The second-order valence-electron chi connectivity index (χ2n) is 4.95. The van der Waals surface area contributed by atoms with E-state index in [-0.39, 0.29) is 5.91 Å². The molecule has 1 aliphatic heterocycles. The van der Waals surface area contributed by atoms with Crippen molar-refractivity contribution in [3.05, 3.63) is 23.8 Å². The van der Waals surface area contributed by atoms with Crippen molar-refractivity contribution in [1.29, 1.82) is 0 Å². The van der Waals surface area contributed by atoms with Crippen LogP contribution in [-0.4, -0.2) is 48.7 Å². The second-order valence-corrected chi connectivity index (χ2v) is 4.95. The second kappa shape index (κ2) is 6.47. The molecule has 0 spiro atoms. The zero-order valence-electron chi connectivity index (χ0n) is 12.2. The number of benzene rings is 1. The number of rotatable bonds is 4. The third-order valence-electron chi connectivity index (χ3n) is 3.65. The molecule has 0 aromatic heterocycles. The van der Waals surface area contributed by atoms with Gasteiger partial charge in [-0.1, -0.05) is 0 Å². The van der Waals surface area contributed by atoms with Gasteiger partial charge in [-0.2, -0.15) is 0 Å². The summed E-state index contributed by atoms with van der Waals surface area (Å²) in [5.74, 6) is -0.264. The summed E-state index contributed by atoms with van der Waals surface area (Å²) in [6, 6.07) is 4.10. The van der Waals surface area contributed by atoms with Gasteiger partial charge >= 0.3 is 5.97 Å². The van der Waals surface area contributed by atoms with E-state index in [0.29, 0.717) is 30.0 Å². The molecule has 1 aromatic carbocycles. The van der Waals surface area contributed by atoms with E-state index in [9.17, 15) is 14.7 Å². The summed E-state index contributed by atoms with van der Waals surface area (Å²) in [7, 11) is 3.01. The predicted octanol–water partition coefficient (Wildman–Crippen LogP) is 1.78. The summed E-state index contributed by atoms with van der Waals surface area (Å²) >= 11 is 0. The van der Waals surface area contributed by atoms with Crippen LogP contribution in [0.2, 0.25) is 0 Å². The average Bonchev–Trinajstić information content (AvgIpc) is 2.53. The Labute approximate surface area is 123 Å². The summed E-state index contributed by atoms with van der Waals surface area (Å²) in [5.41, 5.74) is 0.374. The van der Waals surface area contributed by atoms with Gasteiger partial charge in [0.25, 0.3) is 5.91 Å². The Morgan fingerprint density at radius 1 is 1.14 bits per heavy atom. The summed E-state index contributed by atoms with van der Waals surface area (Å²) in [6.45, 7) is 0.454. The monoisotopic (exact) mass is 293 g/mol. The molecule has 1 saturated heterocycles. The van der Waals surface area contributed by atoms with Crippen LogP contribution in [-0.2, 0) is 4.79 Å². The number of carboxylic acid groups (broad SMARTS) is 1. The Kier molecular flexibility index (Phi) is 4.67. The molecule has 1 fully saturated rings. The van der Waals surface area contributed by atoms with Gasteiger partial charge in [-0.25, -0.2) is 4.79 Å². The zero-order valence-corrected chi connectivity index (χ0v) is 12.2. The van der Waals surface area contributed by atoms with Crippen molar-refractivity contribution in [2.45, 2.75) is 25.3 Å². The largest absolute Gasteiger partial charge is 0.497 e. The first-order valence-corrected chi connectivity index (χ1v) is 6.83. The highest BCUT2D eigenvalue weighted by molar-refractivity contribution is 5.97. The van der Waals surface area contributed by atoms with E-state index in [1.54, 1.807) is 18.2 Å². The van der Waals surface area contributed by atoms with Crippen molar-refractivity contribution >= 4 is 11.9 Å². The topological polar surface area (TPSA) is 76.1 Å². The lowest BCUT2D eigenvalue weighted by molar-refractivity contribution is -0.143. The summed E-state index contributed by atoms with van der Waals surface area (Å²) in [5, 5.41) is 9.26. The van der Waals surface area contributed by atoms with Gasteiger partial charge in [0.05, 0.1) is 14.2 Å². The van der Waals surface area contributed by atoms with Crippen molar-refractivity contribution in [3.8, 4) is 11.5 Å². The fourth-order valence-electron chi connectivity index (χ4n) is 2.53. The molecule has 0 saturated carbocycles. The van der Waals surface area contributed by atoms with Gasteiger partial charge in [0.15, 0.2) is 0 Å². The van der Waals surface area contributed by atoms with Crippen LogP contribution >= 0.6 is 0 Å². The van der Waals surface area contributed by atoms with Gasteiger partial charge in [0.1, 0.15) is 17.5 Å². The van der Waals surface area contributed by atoms with E-state index in [1.807, 2.05) is 0 Å². The first kappa shape index (κ1) is 15.2. The maximum absolute atomic E-state index is 12.6. The molecule has 6 heteroatoms. The molecule has 114 valence electrons. The highest BCUT2D eigenvalue weighted by Crippen LogP contribution is 2.26. The van der Waals surface area contributed by atoms with Crippen LogP contribution in [0, 0.1) is 0 Å². The van der Waals surface area contributed by atoms with Crippen LogP contribution in [0.1, 0.15) is 29.6 Å². The van der Waals surface area contributed by atoms with Crippen molar-refractivity contribution < 1.29 is 24.2 Å². The minimum atomic E-state index is -0.960. The van der Waals surface area contributed by atoms with Gasteiger partial charge in [0, 0.05) is 18.2 Å². The third-order valence-corrected chi connectivity index (χ3v) is 3.65. The molecular formula is C15H19NO5. The smallest absolute Gasteiger partial charge is 0.326 e. The number of ether oxygens (including phenoxy) is 2. The van der Waals surface area contributed by atoms with E-state index >= 15 is 0 Å². The Balaban J connectivity index is 2.31. The van der Waals surface area contributed by atoms with Gasteiger partial charge in [0.2, 0.25) is 0 Å². The van der Waals surface area contributed by atoms with Gasteiger partial charge in [-0.15, -0.1) is 0 Å². The van der Waals surface area contributed by atoms with Crippen LogP contribution in [0.15, 0.2) is 18.2 Å². The van der Waals surface area contributed by atoms with Crippen molar-refractivity contribution in [2.75, 3.05) is 20.8 Å². The third kappa shape index (κ3) is 3.26. The number of carbonyl (C=O) groups excluding carboxylic acids is 1. The number of carbonyl (C=O) groups is 2. The van der Waals surface area contributed by atoms with Gasteiger partial charge in [-0.3, -0.25) is 4.79 Å². The molecule has 1 atom stereocenters. The molecule has 6 nitrogen and oxygen atoms in total. The molecule has 0 bridgehead atoms. The van der Waals surface area contributed by atoms with Crippen molar-refractivity contribution in [2.24, 2.45) is 0 Å². The quantitative estimate of drug-likeness (QED) is 0.915. The lowest BCUT2D eigenvalue weighted by Gasteiger charge is -2.33. The van der Waals surface area contributed by atoms with E-state index in [4.69, 9.17) is 9.47 Å². The molecule has 0 aliphatic carbocycles. The van der Waals surface area contributed by atoms with E-state index < -0.39 is 12.0 Å². The molecule has 1 aliphatic rings. The SMILES string of the molecule is COc1cc(OC)cc(C(=O)N2CCCC[C@H]2C(=O)O)c1. The van der Waals surface area contributed by atoms with E-state index in [0.717, 1.165) is 12.8 Å². The van der Waals surface area contributed by atoms with Gasteiger partial charge < -0.3 is 19.5 Å². The van der Waals surface area contributed by atoms with Crippen molar-refractivity contribution in [1.82, 2.24) is 4.90 Å². The molecule has 1 N–H and O–H groups in total. The number of likely N-dealkylation sites (tertiary alicyclic amines) is 1. The van der Waals surface area contributed by atoms with Crippen LogP contribution in [0.5, 0.6) is 11.5 Å². The standard InChI is InChI=1S/C15H19NO5/c1-20-11-7-10(8-12(9-11)21-2)14(17)16-6-4-3-5-13(16)15(18)19/h7-9,13H,3-6H2,1-2H3,(H,18,19)/t13-/m0/s1. The van der Waals surface area contributed by atoms with Crippen LogP contribution in [0.25, 0.3) is 0 Å². The zero-order chi connectivity index (χ0) is 15.4. The first-order valence-electron chi connectivity index (χ1n) is 6.83. The van der Waals surface area contributed by atoms with Crippen LogP contribution < -0.4 is 9.47 Å². The minimum Gasteiger partial charge on any atom is -0.497 e. The number of methoxy groups -OCH3 is 2. The van der Waals surface area contributed by atoms with Crippen LogP contribution in [0.3, 0.4) is 0 Å². The summed E-state index contributed by atoms with van der Waals surface area (Å²) in [6.07, 6.45) is 2.13. The molecule has 21 heavy (non-hydrogen) atoms. The number of amides is 1. The lowest BCUT2D eigenvalue weighted by atomic mass is 10.0. The maximum Gasteiger partial charge on any atom is 0.326 e. The van der Waals surface area contributed by atoms with Crippen molar-refractivity contribution in [3.63, 3.8) is 0 Å². The Morgan fingerprint density at radius 2 is 1.76 bits per heavy atom. The Hall–Kier alpha value is -2.24. The predicted molar refractivity (Wildman–Crippen MR) is 75.9 cm³/mol. The number of carboxylic acids is 1. The highest BCUT2D eigenvalue weighted by atomic mass is 16.5. The highest BCUT2D eigenvalue weighted by Gasteiger charge is 2.32. The summed E-state index contributed by atoms with van der Waals surface area (Å²) < 4.78 is 10.3. The molecule has 0 radical (unpaired) electrons. The molecule has 1 amide bonds. The summed E-state index contributed by atoms with van der Waals surface area (Å²) in [4.78, 5) is 25.3. The number of hydrogen-bond acceptors (Lipinski definition) is 4. The lowest BCUT2D eigenvalue weighted by Crippen LogP contribution is -2.47. The number of nitrogens with zero attached hydrogens (tertiary/aromatic N) is 1. The molecule has 0 unspecified atom stereocenters. The fraction of sp³-hybridized carbons (Fsp3) is 0.467. The minimum absolute atomic E-state index is 0.306. The van der Waals surface area contributed by atoms with Crippen LogP contribution in [0.4, 0.5) is 0 Å². The molecular weight excluding hydrogens is 274 g/mol. The van der Waals surface area contributed by atoms with E-state index in [2.05, 4.69) is 0 Å². The normalized spacial score (nSPS) is 18.2. The number of piperidine rings is 1. The first-order chi connectivity index (χ1) is 10.1.